The molecule has 19 heavy (non-hydrogen) atoms. The summed E-state index contributed by atoms with van der Waals surface area (Å²) in [5.74, 6) is 0.802. The number of aromatic nitrogens is 1. The number of ether oxygens (including phenoxy) is 1. The van der Waals surface area contributed by atoms with Gasteiger partial charge in [0.05, 0.1) is 9.88 Å². The third-order valence-electron chi connectivity index (χ3n) is 2.64. The third-order valence-corrected chi connectivity index (χ3v) is 3.88. The van der Waals surface area contributed by atoms with Gasteiger partial charge in [0, 0.05) is 22.8 Å². The van der Waals surface area contributed by atoms with Crippen LogP contribution in [-0.2, 0) is 13.0 Å². The summed E-state index contributed by atoms with van der Waals surface area (Å²) in [6.07, 6.45) is 2.55. The number of nitrogens with zero attached hydrogens (tertiary/aromatic N) is 1. The molecule has 0 fully saturated rings. The molecule has 0 radical (unpaired) electrons. The van der Waals surface area contributed by atoms with E-state index >= 15 is 0 Å². The third kappa shape index (κ3) is 3.93. The second-order valence-electron chi connectivity index (χ2n) is 4.53. The summed E-state index contributed by atoms with van der Waals surface area (Å²) in [4.78, 5) is 5.31. The Bertz CT molecular complexity index is 554. The van der Waals surface area contributed by atoms with E-state index < -0.39 is 0 Å². The Hall–Kier alpha value is -1.10. The van der Waals surface area contributed by atoms with Gasteiger partial charge in [0.1, 0.15) is 12.4 Å². The van der Waals surface area contributed by atoms with Crippen LogP contribution >= 0.6 is 22.9 Å². The monoisotopic (exact) mass is 296 g/mol. The fourth-order valence-corrected chi connectivity index (χ4v) is 2.77. The first kappa shape index (κ1) is 14.3. The van der Waals surface area contributed by atoms with Gasteiger partial charge in [0.15, 0.2) is 0 Å². The summed E-state index contributed by atoms with van der Waals surface area (Å²) in [6.45, 7) is 4.45. The van der Waals surface area contributed by atoms with Gasteiger partial charge in [0.2, 0.25) is 0 Å². The second kappa shape index (κ2) is 6.37. The van der Waals surface area contributed by atoms with E-state index in [4.69, 9.17) is 22.1 Å². The van der Waals surface area contributed by atoms with Crippen LogP contribution in [0.15, 0.2) is 24.4 Å². The van der Waals surface area contributed by atoms with Gasteiger partial charge in [-0.2, -0.15) is 0 Å². The van der Waals surface area contributed by atoms with E-state index in [-0.39, 0.29) is 6.04 Å². The Balaban J connectivity index is 2.13. The highest BCUT2D eigenvalue weighted by Crippen LogP contribution is 2.28. The molecule has 0 amide bonds. The van der Waals surface area contributed by atoms with E-state index in [1.165, 1.54) is 0 Å². The molecule has 2 rings (SSSR count). The van der Waals surface area contributed by atoms with Crippen LogP contribution in [0.3, 0.4) is 0 Å². The molecule has 0 spiro atoms. The zero-order valence-corrected chi connectivity index (χ0v) is 12.6. The lowest BCUT2D eigenvalue weighted by Crippen LogP contribution is -2.18. The first-order chi connectivity index (χ1) is 9.06. The molecule has 2 N–H and O–H groups in total. The lowest BCUT2D eigenvalue weighted by molar-refractivity contribution is 0.305. The van der Waals surface area contributed by atoms with Crippen LogP contribution in [0.25, 0.3) is 0 Å². The number of hydrogen-bond donors (Lipinski definition) is 1. The van der Waals surface area contributed by atoms with E-state index in [1.807, 2.05) is 38.2 Å². The fraction of sp³-hybridized carbons (Fsp3) is 0.357. The van der Waals surface area contributed by atoms with Crippen molar-refractivity contribution in [2.75, 3.05) is 0 Å². The zero-order chi connectivity index (χ0) is 13.8. The average Bonchev–Trinajstić information content (AvgIpc) is 2.75. The van der Waals surface area contributed by atoms with E-state index in [0.717, 1.165) is 21.2 Å². The van der Waals surface area contributed by atoms with Crippen LogP contribution in [0, 0.1) is 6.92 Å². The van der Waals surface area contributed by atoms with E-state index in [1.54, 1.807) is 11.3 Å². The minimum absolute atomic E-state index is 0.0490. The Morgan fingerprint density at radius 3 is 2.89 bits per heavy atom. The van der Waals surface area contributed by atoms with Gasteiger partial charge in [-0.15, -0.1) is 11.3 Å². The van der Waals surface area contributed by atoms with E-state index in [9.17, 15) is 0 Å². The van der Waals surface area contributed by atoms with Crippen LogP contribution in [-0.4, -0.2) is 11.0 Å². The molecule has 1 aromatic carbocycles. The van der Waals surface area contributed by atoms with Crippen LogP contribution in [0.2, 0.25) is 5.02 Å². The number of hydrogen-bond acceptors (Lipinski definition) is 4. The topological polar surface area (TPSA) is 48.1 Å². The van der Waals surface area contributed by atoms with Gasteiger partial charge >= 0.3 is 0 Å². The van der Waals surface area contributed by atoms with Crippen LogP contribution in [0.5, 0.6) is 5.75 Å². The van der Waals surface area contributed by atoms with Crippen molar-refractivity contribution in [3.8, 4) is 5.75 Å². The molecule has 1 atom stereocenters. The number of aryl methyl sites for hydroxylation is 1. The lowest BCUT2D eigenvalue weighted by atomic mass is 10.1. The normalized spacial score (nSPS) is 12.4. The van der Waals surface area contributed by atoms with Crippen molar-refractivity contribution in [3.05, 3.63) is 44.9 Å². The standard InChI is InChI=1S/C14H17ClN2OS/c1-9(16)6-12-13(15)4-3-5-14(12)18-8-11-7-17-10(2)19-11/h3-5,7,9H,6,8,16H2,1-2H3. The van der Waals surface area contributed by atoms with E-state index in [2.05, 4.69) is 4.98 Å². The first-order valence-electron chi connectivity index (χ1n) is 6.13. The van der Waals surface area contributed by atoms with Gasteiger partial charge in [-0.1, -0.05) is 17.7 Å². The molecule has 3 nitrogen and oxygen atoms in total. The molecule has 1 unspecified atom stereocenters. The predicted molar refractivity (Wildman–Crippen MR) is 80.0 cm³/mol. The van der Waals surface area contributed by atoms with Crippen molar-refractivity contribution >= 4 is 22.9 Å². The van der Waals surface area contributed by atoms with Gasteiger partial charge in [-0.05, 0) is 32.4 Å². The fourth-order valence-electron chi connectivity index (χ4n) is 1.82. The van der Waals surface area contributed by atoms with Gasteiger partial charge in [0.25, 0.3) is 0 Å². The summed E-state index contributed by atoms with van der Waals surface area (Å²) >= 11 is 7.85. The Labute approximate surface area is 122 Å². The largest absolute Gasteiger partial charge is 0.488 e. The summed E-state index contributed by atoms with van der Waals surface area (Å²) < 4.78 is 5.85. The lowest BCUT2D eigenvalue weighted by Gasteiger charge is -2.14. The summed E-state index contributed by atoms with van der Waals surface area (Å²) in [5, 5.41) is 1.75. The molecule has 1 aromatic heterocycles. The number of rotatable bonds is 5. The minimum Gasteiger partial charge on any atom is -0.488 e. The van der Waals surface area contributed by atoms with Crippen LogP contribution < -0.4 is 10.5 Å². The smallest absolute Gasteiger partial charge is 0.124 e. The zero-order valence-electron chi connectivity index (χ0n) is 11.0. The minimum atomic E-state index is 0.0490. The molecule has 0 bridgehead atoms. The molecule has 0 saturated carbocycles. The van der Waals surface area contributed by atoms with Gasteiger partial charge < -0.3 is 10.5 Å². The van der Waals surface area contributed by atoms with Crippen LogP contribution in [0.1, 0.15) is 22.4 Å². The van der Waals surface area contributed by atoms with Crippen molar-refractivity contribution in [1.29, 1.82) is 0 Å². The molecule has 1 heterocycles. The average molecular weight is 297 g/mol. The number of halogens is 1. The molecule has 5 heteroatoms. The maximum atomic E-state index is 6.21. The quantitative estimate of drug-likeness (QED) is 0.917. The summed E-state index contributed by atoms with van der Waals surface area (Å²) in [7, 11) is 0. The molecule has 2 aromatic rings. The highest BCUT2D eigenvalue weighted by molar-refractivity contribution is 7.11. The molecule has 0 aliphatic heterocycles. The molecular weight excluding hydrogens is 280 g/mol. The van der Waals surface area contributed by atoms with Crippen LogP contribution in [0.4, 0.5) is 0 Å². The summed E-state index contributed by atoms with van der Waals surface area (Å²) in [6, 6.07) is 5.73. The maximum absolute atomic E-state index is 6.21. The molecule has 0 aliphatic rings. The second-order valence-corrected chi connectivity index (χ2v) is 6.26. The van der Waals surface area contributed by atoms with Crippen molar-refractivity contribution < 1.29 is 4.74 Å². The van der Waals surface area contributed by atoms with Crippen molar-refractivity contribution in [2.45, 2.75) is 32.9 Å². The molecule has 0 saturated heterocycles. The Kier molecular flexibility index (Phi) is 4.80. The highest BCUT2D eigenvalue weighted by Gasteiger charge is 2.11. The molecule has 102 valence electrons. The first-order valence-corrected chi connectivity index (χ1v) is 7.33. The molecular formula is C14H17ClN2OS. The van der Waals surface area contributed by atoms with Crippen molar-refractivity contribution in [1.82, 2.24) is 4.98 Å². The number of nitrogens with two attached hydrogens (primary N) is 1. The van der Waals surface area contributed by atoms with Gasteiger partial charge in [-0.25, -0.2) is 4.98 Å². The summed E-state index contributed by atoms with van der Waals surface area (Å²) in [5.41, 5.74) is 6.82. The highest BCUT2D eigenvalue weighted by atomic mass is 35.5. The van der Waals surface area contributed by atoms with E-state index in [0.29, 0.717) is 18.1 Å². The van der Waals surface area contributed by atoms with Gasteiger partial charge in [-0.3, -0.25) is 0 Å². The Morgan fingerprint density at radius 1 is 1.47 bits per heavy atom. The predicted octanol–water partition coefficient (Wildman–Crippen LogP) is 3.57. The maximum Gasteiger partial charge on any atom is 0.124 e. The number of thiazole rings is 1. The van der Waals surface area contributed by atoms with Crippen molar-refractivity contribution in [2.24, 2.45) is 5.73 Å². The SMILES string of the molecule is Cc1ncc(COc2cccc(Cl)c2CC(C)N)s1. The molecule has 0 aliphatic carbocycles. The number of benzene rings is 1. The van der Waals surface area contributed by atoms with Crippen molar-refractivity contribution in [3.63, 3.8) is 0 Å². The Morgan fingerprint density at radius 2 is 2.26 bits per heavy atom.